The maximum Gasteiger partial charge on any atom is 0.248 e. The van der Waals surface area contributed by atoms with Crippen LogP contribution in [0.25, 0.3) is 0 Å². The molecule has 1 aromatic rings. The summed E-state index contributed by atoms with van der Waals surface area (Å²) >= 11 is 0. The zero-order chi connectivity index (χ0) is 16.1. The molecule has 1 spiro atoms. The molecule has 0 unspecified atom stereocenters. The van der Waals surface area contributed by atoms with Crippen molar-refractivity contribution in [3.8, 4) is 5.88 Å². The van der Waals surface area contributed by atoms with Crippen molar-refractivity contribution in [2.24, 2.45) is 5.92 Å². The van der Waals surface area contributed by atoms with E-state index in [1.54, 1.807) is 13.3 Å². The van der Waals surface area contributed by atoms with Crippen molar-refractivity contribution in [3.05, 3.63) is 24.4 Å². The van der Waals surface area contributed by atoms with Crippen LogP contribution in [0.5, 0.6) is 5.88 Å². The van der Waals surface area contributed by atoms with Gasteiger partial charge in [0.1, 0.15) is 6.61 Å². The van der Waals surface area contributed by atoms with Crippen molar-refractivity contribution in [1.82, 2.24) is 9.88 Å². The molecule has 6 heteroatoms. The summed E-state index contributed by atoms with van der Waals surface area (Å²) in [5, 5.41) is 0. The lowest BCUT2D eigenvalue weighted by atomic mass is 9.89. The van der Waals surface area contributed by atoms with E-state index in [1.165, 1.54) is 0 Å². The van der Waals surface area contributed by atoms with Crippen molar-refractivity contribution in [2.75, 3.05) is 40.0 Å². The number of pyridine rings is 1. The molecule has 1 aliphatic carbocycles. The van der Waals surface area contributed by atoms with Gasteiger partial charge in [-0.2, -0.15) is 0 Å². The van der Waals surface area contributed by atoms with Crippen LogP contribution < -0.4 is 4.74 Å². The zero-order valence-corrected chi connectivity index (χ0v) is 13.6. The molecule has 1 saturated carbocycles. The van der Waals surface area contributed by atoms with Crippen LogP contribution >= 0.6 is 0 Å². The van der Waals surface area contributed by atoms with Gasteiger partial charge in [-0.05, 0) is 25.3 Å². The first-order valence-electron chi connectivity index (χ1n) is 8.18. The predicted octanol–water partition coefficient (Wildman–Crippen LogP) is 1.50. The molecule has 2 fully saturated rings. The number of carbonyl (C=O) groups is 1. The Hall–Kier alpha value is -1.66. The highest BCUT2D eigenvalue weighted by Crippen LogP contribution is 2.41. The minimum Gasteiger partial charge on any atom is -0.477 e. The first-order chi connectivity index (χ1) is 11.2. The summed E-state index contributed by atoms with van der Waals surface area (Å²) in [6, 6.07) is 5.64. The minimum absolute atomic E-state index is 0.0338. The lowest BCUT2D eigenvalue weighted by Crippen LogP contribution is -2.57. The third-order valence-corrected chi connectivity index (χ3v) is 4.80. The molecule has 0 bridgehead atoms. The molecule has 23 heavy (non-hydrogen) atoms. The molecule has 1 aromatic heterocycles. The third kappa shape index (κ3) is 3.64. The second kappa shape index (κ2) is 7.27. The van der Waals surface area contributed by atoms with Gasteiger partial charge < -0.3 is 19.1 Å². The number of nitrogens with zero attached hydrogens (tertiary/aromatic N) is 2. The summed E-state index contributed by atoms with van der Waals surface area (Å²) < 4.78 is 17.0. The van der Waals surface area contributed by atoms with Gasteiger partial charge in [0.05, 0.1) is 25.4 Å². The highest BCUT2D eigenvalue weighted by atomic mass is 16.5. The van der Waals surface area contributed by atoms with E-state index in [4.69, 9.17) is 14.2 Å². The highest BCUT2D eigenvalue weighted by molar-refractivity contribution is 5.77. The Balaban J connectivity index is 1.63. The summed E-state index contributed by atoms with van der Waals surface area (Å²) in [7, 11) is 1.55. The summed E-state index contributed by atoms with van der Waals surface area (Å²) in [6.45, 7) is 2.55. The number of rotatable bonds is 5. The van der Waals surface area contributed by atoms with Crippen LogP contribution in [0.15, 0.2) is 24.4 Å². The minimum atomic E-state index is -0.281. The van der Waals surface area contributed by atoms with Gasteiger partial charge in [-0.3, -0.25) is 4.79 Å². The van der Waals surface area contributed by atoms with Crippen molar-refractivity contribution < 1.29 is 19.0 Å². The number of amides is 1. The average molecular weight is 320 g/mol. The van der Waals surface area contributed by atoms with E-state index in [0.717, 1.165) is 19.3 Å². The largest absolute Gasteiger partial charge is 0.477 e. The van der Waals surface area contributed by atoms with E-state index in [1.807, 2.05) is 23.1 Å². The van der Waals surface area contributed by atoms with Crippen molar-refractivity contribution in [1.29, 1.82) is 0 Å². The molecular weight excluding hydrogens is 296 g/mol. The standard InChI is InChI=1S/C17H24N2O4/c1-21-12-16(20)19-9-10-23-17(13-19)7-4-5-14(17)11-22-15-6-2-3-8-18-15/h2-3,6,8,14H,4-5,7,9-13H2,1H3/t14-,17+/m0/s1. The SMILES string of the molecule is COCC(=O)N1CCO[C@]2(CCC[C@H]2COc2ccccn2)C1. The number of hydrogen-bond donors (Lipinski definition) is 0. The van der Waals surface area contributed by atoms with Gasteiger partial charge in [0.25, 0.3) is 0 Å². The van der Waals surface area contributed by atoms with Gasteiger partial charge in [-0.25, -0.2) is 4.98 Å². The third-order valence-electron chi connectivity index (χ3n) is 4.80. The maximum atomic E-state index is 12.1. The average Bonchev–Trinajstić information content (AvgIpc) is 2.96. The summed E-state index contributed by atoms with van der Waals surface area (Å²) in [5.74, 6) is 0.951. The first-order valence-corrected chi connectivity index (χ1v) is 8.18. The van der Waals surface area contributed by atoms with E-state index in [2.05, 4.69) is 4.98 Å². The van der Waals surface area contributed by atoms with E-state index in [-0.39, 0.29) is 24.0 Å². The Morgan fingerprint density at radius 2 is 2.43 bits per heavy atom. The quantitative estimate of drug-likeness (QED) is 0.823. The second-order valence-electron chi connectivity index (χ2n) is 6.23. The molecule has 1 saturated heterocycles. The molecule has 0 N–H and O–H groups in total. The number of hydrogen-bond acceptors (Lipinski definition) is 5. The van der Waals surface area contributed by atoms with Gasteiger partial charge in [0.15, 0.2) is 0 Å². The smallest absolute Gasteiger partial charge is 0.248 e. The van der Waals surface area contributed by atoms with Gasteiger partial charge in [-0.15, -0.1) is 0 Å². The highest BCUT2D eigenvalue weighted by Gasteiger charge is 2.48. The van der Waals surface area contributed by atoms with E-state index in [9.17, 15) is 4.79 Å². The van der Waals surface area contributed by atoms with Gasteiger partial charge in [0.2, 0.25) is 11.8 Å². The molecule has 2 heterocycles. The fourth-order valence-corrected chi connectivity index (χ4v) is 3.60. The molecule has 2 atom stereocenters. The summed E-state index contributed by atoms with van der Waals surface area (Å²) in [6.07, 6.45) is 4.85. The van der Waals surface area contributed by atoms with Crippen LogP contribution in [0, 0.1) is 5.92 Å². The van der Waals surface area contributed by atoms with Crippen molar-refractivity contribution in [2.45, 2.75) is 24.9 Å². The molecule has 6 nitrogen and oxygen atoms in total. The molecular formula is C17H24N2O4. The van der Waals surface area contributed by atoms with Crippen LogP contribution in [-0.4, -0.2) is 61.4 Å². The predicted molar refractivity (Wildman–Crippen MR) is 84.2 cm³/mol. The molecule has 1 aliphatic heterocycles. The topological polar surface area (TPSA) is 60.9 Å². The molecule has 3 rings (SSSR count). The number of morpholine rings is 1. The maximum absolute atomic E-state index is 12.1. The Bertz CT molecular complexity index is 525. The fraction of sp³-hybridized carbons (Fsp3) is 0.647. The van der Waals surface area contributed by atoms with Crippen LogP contribution in [-0.2, 0) is 14.3 Å². The lowest BCUT2D eigenvalue weighted by Gasteiger charge is -2.43. The van der Waals surface area contributed by atoms with Crippen LogP contribution in [0.4, 0.5) is 0 Å². The molecule has 0 aromatic carbocycles. The van der Waals surface area contributed by atoms with Crippen LogP contribution in [0.1, 0.15) is 19.3 Å². The Kier molecular flexibility index (Phi) is 5.13. The summed E-state index contributed by atoms with van der Waals surface area (Å²) in [5.41, 5.74) is -0.281. The molecule has 0 radical (unpaired) electrons. The molecule has 126 valence electrons. The Morgan fingerprint density at radius 1 is 1.52 bits per heavy atom. The van der Waals surface area contributed by atoms with Crippen molar-refractivity contribution in [3.63, 3.8) is 0 Å². The van der Waals surface area contributed by atoms with Crippen LogP contribution in [0.2, 0.25) is 0 Å². The van der Waals surface area contributed by atoms with E-state index < -0.39 is 0 Å². The number of ether oxygens (including phenoxy) is 3. The van der Waals surface area contributed by atoms with Crippen LogP contribution in [0.3, 0.4) is 0 Å². The number of methoxy groups -OCH3 is 1. The summed E-state index contributed by atoms with van der Waals surface area (Å²) in [4.78, 5) is 18.2. The lowest BCUT2D eigenvalue weighted by molar-refractivity contribution is -0.162. The zero-order valence-electron chi connectivity index (χ0n) is 13.6. The first kappa shape index (κ1) is 16.2. The van der Waals surface area contributed by atoms with Gasteiger partial charge >= 0.3 is 0 Å². The van der Waals surface area contributed by atoms with E-state index in [0.29, 0.717) is 32.2 Å². The van der Waals surface area contributed by atoms with E-state index >= 15 is 0 Å². The van der Waals surface area contributed by atoms with Crippen molar-refractivity contribution >= 4 is 5.91 Å². The van der Waals surface area contributed by atoms with Gasteiger partial charge in [-0.1, -0.05) is 6.07 Å². The Labute approximate surface area is 136 Å². The second-order valence-corrected chi connectivity index (χ2v) is 6.23. The number of carbonyl (C=O) groups excluding carboxylic acids is 1. The Morgan fingerprint density at radius 3 is 3.22 bits per heavy atom. The number of aromatic nitrogens is 1. The molecule has 2 aliphatic rings. The normalized spacial score (nSPS) is 27.3. The monoisotopic (exact) mass is 320 g/mol. The fourth-order valence-electron chi connectivity index (χ4n) is 3.60. The van der Waals surface area contributed by atoms with Gasteiger partial charge in [0, 0.05) is 31.8 Å². The molecule has 1 amide bonds.